The molecule has 1 heterocycles. The lowest BCUT2D eigenvalue weighted by Crippen LogP contribution is -2.35. The zero-order chi connectivity index (χ0) is 15.3. The minimum Gasteiger partial charge on any atom is -0.493 e. The Kier molecular flexibility index (Phi) is 5.85. The topological polar surface area (TPSA) is 21.3 Å². The summed E-state index contributed by atoms with van der Waals surface area (Å²) < 4.78 is 7.06. The fraction of sp³-hybridized carbons (Fsp3) is 0.412. The summed E-state index contributed by atoms with van der Waals surface area (Å²) in [6.07, 6.45) is 0.950. The van der Waals surface area contributed by atoms with E-state index in [1.807, 2.05) is 12.1 Å². The van der Waals surface area contributed by atoms with Crippen molar-refractivity contribution in [3.05, 3.63) is 50.6 Å². The maximum Gasteiger partial charge on any atom is 0.123 e. The van der Waals surface area contributed by atoms with Crippen molar-refractivity contribution in [2.75, 3.05) is 6.61 Å². The molecule has 0 bridgehead atoms. The van der Waals surface area contributed by atoms with Gasteiger partial charge in [0.2, 0.25) is 0 Å². The van der Waals surface area contributed by atoms with Crippen LogP contribution in [0.4, 0.5) is 0 Å². The zero-order valence-corrected chi connectivity index (χ0v) is 15.2. The number of halogens is 1. The van der Waals surface area contributed by atoms with Crippen molar-refractivity contribution in [1.29, 1.82) is 0 Å². The summed E-state index contributed by atoms with van der Waals surface area (Å²) in [5.41, 5.74) is 2.62. The van der Waals surface area contributed by atoms with Crippen molar-refractivity contribution >= 4 is 27.3 Å². The van der Waals surface area contributed by atoms with Gasteiger partial charge in [-0.05, 0) is 61.4 Å². The second-order valence-corrected chi connectivity index (χ2v) is 7.78. The summed E-state index contributed by atoms with van der Waals surface area (Å²) in [6, 6.07) is 8.34. The third-order valence-corrected chi connectivity index (χ3v) is 4.29. The van der Waals surface area contributed by atoms with Gasteiger partial charge in [0.15, 0.2) is 0 Å². The zero-order valence-electron chi connectivity index (χ0n) is 12.8. The van der Waals surface area contributed by atoms with E-state index in [0.29, 0.717) is 6.61 Å². The molecule has 0 saturated carbocycles. The van der Waals surface area contributed by atoms with E-state index in [9.17, 15) is 0 Å². The maximum absolute atomic E-state index is 5.97. The molecule has 21 heavy (non-hydrogen) atoms. The van der Waals surface area contributed by atoms with Gasteiger partial charge in [-0.1, -0.05) is 15.9 Å². The third-order valence-electron chi connectivity index (χ3n) is 3.06. The highest BCUT2D eigenvalue weighted by Gasteiger charge is 2.11. The van der Waals surface area contributed by atoms with Crippen LogP contribution in [0.15, 0.2) is 39.5 Å². The number of rotatable bonds is 6. The van der Waals surface area contributed by atoms with E-state index >= 15 is 0 Å². The number of hydrogen-bond donors (Lipinski definition) is 1. The van der Waals surface area contributed by atoms with Gasteiger partial charge in [-0.25, -0.2) is 0 Å². The van der Waals surface area contributed by atoms with Crippen LogP contribution in [0.2, 0.25) is 0 Å². The number of thiophene rings is 1. The first kappa shape index (κ1) is 16.5. The van der Waals surface area contributed by atoms with Gasteiger partial charge in [-0.2, -0.15) is 11.3 Å². The Balaban J connectivity index is 1.97. The van der Waals surface area contributed by atoms with Crippen LogP contribution < -0.4 is 10.1 Å². The summed E-state index contributed by atoms with van der Waals surface area (Å²) in [5, 5.41) is 7.79. The molecule has 1 N–H and O–H groups in total. The molecule has 4 heteroatoms. The minimum atomic E-state index is 0.0935. The van der Waals surface area contributed by atoms with Crippen molar-refractivity contribution in [1.82, 2.24) is 5.32 Å². The van der Waals surface area contributed by atoms with Gasteiger partial charge in [0.25, 0.3) is 0 Å². The van der Waals surface area contributed by atoms with E-state index in [-0.39, 0.29) is 5.54 Å². The molecule has 0 fully saturated rings. The first-order valence-electron chi connectivity index (χ1n) is 7.11. The summed E-state index contributed by atoms with van der Waals surface area (Å²) >= 11 is 5.26. The highest BCUT2D eigenvalue weighted by molar-refractivity contribution is 9.10. The molecule has 0 spiro atoms. The molecule has 0 amide bonds. The van der Waals surface area contributed by atoms with E-state index in [1.165, 1.54) is 11.1 Å². The van der Waals surface area contributed by atoms with E-state index in [2.05, 4.69) is 64.9 Å². The summed E-state index contributed by atoms with van der Waals surface area (Å²) in [5.74, 6) is 0.963. The van der Waals surface area contributed by atoms with Crippen LogP contribution in [0.5, 0.6) is 5.75 Å². The molecule has 0 unspecified atom stereocenters. The quantitative estimate of drug-likeness (QED) is 0.773. The van der Waals surface area contributed by atoms with Crippen LogP contribution in [0.3, 0.4) is 0 Å². The van der Waals surface area contributed by atoms with Crippen LogP contribution >= 0.6 is 27.3 Å². The van der Waals surface area contributed by atoms with Crippen molar-refractivity contribution in [3.8, 4) is 5.75 Å². The van der Waals surface area contributed by atoms with E-state index in [0.717, 1.165) is 23.2 Å². The Morgan fingerprint density at radius 2 is 2.05 bits per heavy atom. The van der Waals surface area contributed by atoms with Crippen LogP contribution in [0, 0.1) is 0 Å². The first-order valence-corrected chi connectivity index (χ1v) is 8.85. The van der Waals surface area contributed by atoms with Crippen molar-refractivity contribution in [3.63, 3.8) is 0 Å². The van der Waals surface area contributed by atoms with Gasteiger partial charge in [0.1, 0.15) is 5.75 Å². The highest BCUT2D eigenvalue weighted by atomic mass is 79.9. The van der Waals surface area contributed by atoms with Gasteiger partial charge >= 0.3 is 0 Å². The molecule has 2 rings (SSSR count). The lowest BCUT2D eigenvalue weighted by atomic mass is 10.1. The predicted molar refractivity (Wildman–Crippen MR) is 94.3 cm³/mol. The van der Waals surface area contributed by atoms with Crippen LogP contribution in [-0.4, -0.2) is 12.1 Å². The standard InChI is InChI=1S/C17H22BrNOS/c1-17(2,3)19-11-14-10-15(18)4-5-16(14)20-8-6-13-7-9-21-12-13/h4-5,7,9-10,12,19H,6,8,11H2,1-3H3. The van der Waals surface area contributed by atoms with Crippen molar-refractivity contribution in [2.45, 2.75) is 39.3 Å². The molecule has 0 radical (unpaired) electrons. The second-order valence-electron chi connectivity index (χ2n) is 6.09. The third kappa shape index (κ3) is 5.81. The number of hydrogen-bond acceptors (Lipinski definition) is 3. The average molecular weight is 368 g/mol. The van der Waals surface area contributed by atoms with E-state index in [1.54, 1.807) is 11.3 Å². The Bertz CT molecular complexity index is 561. The van der Waals surface area contributed by atoms with Crippen LogP contribution in [-0.2, 0) is 13.0 Å². The second kappa shape index (κ2) is 7.43. The summed E-state index contributed by atoms with van der Waals surface area (Å²) in [4.78, 5) is 0. The monoisotopic (exact) mass is 367 g/mol. The fourth-order valence-corrected chi connectivity index (χ4v) is 3.01. The molecule has 0 atom stereocenters. The Morgan fingerprint density at radius 3 is 2.71 bits per heavy atom. The maximum atomic E-state index is 5.97. The van der Waals surface area contributed by atoms with Gasteiger partial charge in [-0.3, -0.25) is 0 Å². The predicted octanol–water partition coefficient (Wildman–Crippen LogP) is 5.02. The van der Waals surface area contributed by atoms with Gasteiger partial charge in [-0.15, -0.1) is 0 Å². The first-order chi connectivity index (χ1) is 9.94. The van der Waals surface area contributed by atoms with Crippen molar-refractivity contribution in [2.24, 2.45) is 0 Å². The summed E-state index contributed by atoms with van der Waals surface area (Å²) in [6.45, 7) is 8.02. The Hall–Kier alpha value is -0.840. The largest absolute Gasteiger partial charge is 0.493 e. The molecule has 0 saturated heterocycles. The molecule has 0 aliphatic carbocycles. The van der Waals surface area contributed by atoms with E-state index < -0.39 is 0 Å². The average Bonchev–Trinajstić information content (AvgIpc) is 2.91. The normalized spacial score (nSPS) is 11.6. The van der Waals surface area contributed by atoms with Crippen molar-refractivity contribution < 1.29 is 4.74 Å². The van der Waals surface area contributed by atoms with Crippen LogP contribution in [0.25, 0.3) is 0 Å². The lowest BCUT2D eigenvalue weighted by Gasteiger charge is -2.22. The fourth-order valence-electron chi connectivity index (χ4n) is 1.90. The number of benzene rings is 1. The molecule has 1 aromatic heterocycles. The van der Waals surface area contributed by atoms with Crippen LogP contribution in [0.1, 0.15) is 31.9 Å². The molecule has 1 aromatic carbocycles. The van der Waals surface area contributed by atoms with Gasteiger partial charge in [0.05, 0.1) is 6.61 Å². The molecular weight excluding hydrogens is 346 g/mol. The Morgan fingerprint density at radius 1 is 1.24 bits per heavy atom. The highest BCUT2D eigenvalue weighted by Crippen LogP contribution is 2.24. The van der Waals surface area contributed by atoms with Gasteiger partial charge in [0, 0.05) is 28.5 Å². The smallest absolute Gasteiger partial charge is 0.123 e. The molecule has 0 aliphatic rings. The van der Waals surface area contributed by atoms with E-state index in [4.69, 9.17) is 4.74 Å². The number of ether oxygens (including phenoxy) is 1. The molecule has 2 nitrogen and oxygen atoms in total. The number of nitrogens with one attached hydrogen (secondary N) is 1. The molecule has 2 aromatic rings. The lowest BCUT2D eigenvalue weighted by molar-refractivity contribution is 0.315. The molecule has 0 aliphatic heterocycles. The summed E-state index contributed by atoms with van der Waals surface area (Å²) in [7, 11) is 0. The Labute approximate surface area is 139 Å². The SMILES string of the molecule is CC(C)(C)NCc1cc(Br)ccc1OCCc1ccsc1. The minimum absolute atomic E-state index is 0.0935. The van der Waals surface area contributed by atoms with Gasteiger partial charge < -0.3 is 10.1 Å². The molecular formula is C17H22BrNOS. The molecule has 114 valence electrons.